The Morgan fingerprint density at radius 3 is 2.28 bits per heavy atom. The van der Waals surface area contributed by atoms with Crippen LogP contribution in [0.4, 0.5) is 0 Å². The lowest BCUT2D eigenvalue weighted by molar-refractivity contribution is 0.657. The molecular weight excluding hydrogens is 547 g/mol. The second-order valence-electron chi connectivity index (χ2n) is 11.0. The minimum Gasteiger partial charge on any atom is -0.436 e. The van der Waals surface area contributed by atoms with Crippen molar-refractivity contribution in [2.75, 3.05) is 0 Å². The monoisotopic (exact) mass is 567 g/mol. The molecule has 200 valence electrons. The molecule has 4 aromatic heterocycles. The maximum atomic E-state index is 6.29. The summed E-state index contributed by atoms with van der Waals surface area (Å²) in [7, 11) is 0. The second kappa shape index (κ2) is 8.51. The average molecular weight is 568 g/mol. The quantitative estimate of drug-likeness (QED) is 0.209. The normalized spacial score (nSPS) is 12.2. The summed E-state index contributed by atoms with van der Waals surface area (Å²) in [6.07, 6.45) is 1.85. The van der Waals surface area contributed by atoms with Crippen molar-refractivity contribution >= 4 is 86.3 Å². The third-order valence-corrected chi connectivity index (χ3v) is 9.88. The fourth-order valence-corrected chi connectivity index (χ4v) is 7.96. The average Bonchev–Trinajstić information content (AvgIpc) is 3.74. The SMILES string of the molecule is c1ccc2c(c1)ccc1c3ncc(-c4ccc(-n5c6ccccc6c6c7sc8ccccc8c7ccc65)cc4)nc3oc21. The highest BCUT2D eigenvalue weighted by Crippen LogP contribution is 2.43. The molecule has 6 aromatic carbocycles. The van der Waals surface area contributed by atoms with Gasteiger partial charge < -0.3 is 8.98 Å². The summed E-state index contributed by atoms with van der Waals surface area (Å²) in [5, 5.41) is 8.43. The van der Waals surface area contributed by atoms with Crippen LogP contribution in [0.15, 0.2) is 132 Å². The molecule has 0 bridgehead atoms. The molecule has 0 radical (unpaired) electrons. The van der Waals surface area contributed by atoms with Gasteiger partial charge in [-0.1, -0.05) is 84.9 Å². The Hall–Kier alpha value is -5.52. The number of nitrogens with zero attached hydrogens (tertiary/aromatic N) is 3. The predicted octanol–water partition coefficient (Wildman–Crippen LogP) is 10.7. The van der Waals surface area contributed by atoms with E-state index in [1.165, 1.54) is 42.0 Å². The lowest BCUT2D eigenvalue weighted by Crippen LogP contribution is -1.94. The molecule has 0 unspecified atom stereocenters. The van der Waals surface area contributed by atoms with Crippen molar-refractivity contribution in [3.05, 3.63) is 128 Å². The summed E-state index contributed by atoms with van der Waals surface area (Å²) in [5.74, 6) is 0. The van der Waals surface area contributed by atoms with Gasteiger partial charge in [-0.15, -0.1) is 11.3 Å². The maximum Gasteiger partial charge on any atom is 0.246 e. The highest BCUT2D eigenvalue weighted by Gasteiger charge is 2.18. The first-order valence-electron chi connectivity index (χ1n) is 14.3. The van der Waals surface area contributed by atoms with Crippen molar-refractivity contribution < 1.29 is 4.42 Å². The van der Waals surface area contributed by atoms with Crippen molar-refractivity contribution in [1.82, 2.24) is 14.5 Å². The van der Waals surface area contributed by atoms with Gasteiger partial charge in [-0.25, -0.2) is 9.97 Å². The first-order valence-corrected chi connectivity index (χ1v) is 15.1. The van der Waals surface area contributed by atoms with E-state index < -0.39 is 0 Å². The molecule has 0 fully saturated rings. The molecule has 0 saturated carbocycles. The van der Waals surface area contributed by atoms with Crippen LogP contribution in [0.25, 0.3) is 91.9 Å². The number of hydrogen-bond donors (Lipinski definition) is 0. The minimum atomic E-state index is 0.558. The van der Waals surface area contributed by atoms with Crippen LogP contribution in [0.1, 0.15) is 0 Å². The molecule has 10 aromatic rings. The molecule has 0 aliphatic heterocycles. The summed E-state index contributed by atoms with van der Waals surface area (Å²) in [4.78, 5) is 9.70. The van der Waals surface area contributed by atoms with Crippen molar-refractivity contribution in [2.24, 2.45) is 0 Å². The highest BCUT2D eigenvalue weighted by molar-refractivity contribution is 7.26. The van der Waals surface area contributed by atoms with Crippen LogP contribution >= 0.6 is 11.3 Å². The van der Waals surface area contributed by atoms with E-state index in [0.29, 0.717) is 5.71 Å². The maximum absolute atomic E-state index is 6.29. The number of aromatic nitrogens is 3. The summed E-state index contributed by atoms with van der Waals surface area (Å²) in [5.41, 5.74) is 7.49. The molecule has 43 heavy (non-hydrogen) atoms. The Bertz CT molecular complexity index is 2730. The summed E-state index contributed by atoms with van der Waals surface area (Å²) < 4.78 is 11.3. The topological polar surface area (TPSA) is 43.9 Å². The molecule has 0 atom stereocenters. The van der Waals surface area contributed by atoms with Crippen molar-refractivity contribution in [1.29, 1.82) is 0 Å². The number of benzene rings is 6. The van der Waals surface area contributed by atoms with Crippen LogP contribution in [0.2, 0.25) is 0 Å². The molecule has 4 heterocycles. The van der Waals surface area contributed by atoms with E-state index in [1.54, 1.807) is 0 Å². The smallest absolute Gasteiger partial charge is 0.246 e. The molecule has 10 rings (SSSR count). The molecule has 5 heteroatoms. The van der Waals surface area contributed by atoms with Gasteiger partial charge in [0.05, 0.1) is 22.9 Å². The van der Waals surface area contributed by atoms with Crippen molar-refractivity contribution in [2.45, 2.75) is 0 Å². The molecule has 0 N–H and O–H groups in total. The number of hydrogen-bond acceptors (Lipinski definition) is 4. The fraction of sp³-hybridized carbons (Fsp3) is 0. The first-order chi connectivity index (χ1) is 21.3. The summed E-state index contributed by atoms with van der Waals surface area (Å²) in [6.45, 7) is 0. The lowest BCUT2D eigenvalue weighted by Gasteiger charge is -2.09. The predicted molar refractivity (Wildman–Crippen MR) is 179 cm³/mol. The van der Waals surface area contributed by atoms with Crippen LogP contribution in [0.3, 0.4) is 0 Å². The largest absolute Gasteiger partial charge is 0.436 e. The number of para-hydroxylation sites is 1. The highest BCUT2D eigenvalue weighted by atomic mass is 32.1. The molecule has 0 saturated heterocycles. The van der Waals surface area contributed by atoms with Gasteiger partial charge in [-0.3, -0.25) is 0 Å². The van der Waals surface area contributed by atoms with Crippen LogP contribution in [-0.4, -0.2) is 14.5 Å². The van der Waals surface area contributed by atoms with Crippen molar-refractivity contribution in [3.8, 4) is 16.9 Å². The third-order valence-electron chi connectivity index (χ3n) is 8.68. The number of furan rings is 1. The van der Waals surface area contributed by atoms with E-state index in [1.807, 2.05) is 29.7 Å². The van der Waals surface area contributed by atoms with Crippen molar-refractivity contribution in [3.63, 3.8) is 0 Å². The van der Waals surface area contributed by atoms with Gasteiger partial charge in [0.2, 0.25) is 5.71 Å². The fourth-order valence-electron chi connectivity index (χ4n) is 6.70. The molecule has 0 aliphatic carbocycles. The molecule has 0 spiro atoms. The summed E-state index contributed by atoms with van der Waals surface area (Å²) in [6, 6.07) is 43.0. The van der Waals surface area contributed by atoms with E-state index in [2.05, 4.69) is 114 Å². The number of fused-ring (bicyclic) bond motifs is 12. The molecule has 0 amide bonds. The summed E-state index contributed by atoms with van der Waals surface area (Å²) >= 11 is 1.88. The van der Waals surface area contributed by atoms with E-state index in [0.717, 1.165) is 44.2 Å². The van der Waals surface area contributed by atoms with Gasteiger partial charge in [0.25, 0.3) is 0 Å². The van der Waals surface area contributed by atoms with E-state index in [9.17, 15) is 0 Å². The lowest BCUT2D eigenvalue weighted by atomic mass is 10.1. The van der Waals surface area contributed by atoms with E-state index >= 15 is 0 Å². The van der Waals surface area contributed by atoms with Gasteiger partial charge in [0.1, 0.15) is 11.1 Å². The standard InChI is InChI=1S/C38H21N3OS/c1-2-8-25-22(7-1)15-18-29-35-38(42-36(25)29)40-30(21-39-35)23-13-16-24(17-14-23)41-31-11-5-3-10-28(31)34-32(41)20-19-27-26-9-4-6-12-33(26)43-37(27)34/h1-21H. The molecular formula is C38H21N3OS. The number of rotatable bonds is 2. The van der Waals surface area contributed by atoms with E-state index in [-0.39, 0.29) is 0 Å². The Morgan fingerprint density at radius 2 is 1.37 bits per heavy atom. The Labute approximate surface area is 249 Å². The molecule has 4 nitrogen and oxygen atoms in total. The van der Waals surface area contributed by atoms with Crippen LogP contribution in [0.5, 0.6) is 0 Å². The van der Waals surface area contributed by atoms with Gasteiger partial charge in [-0.05, 0) is 41.8 Å². The molecule has 0 aliphatic rings. The zero-order chi connectivity index (χ0) is 28.1. The third kappa shape index (κ3) is 3.20. The first kappa shape index (κ1) is 23.1. The van der Waals surface area contributed by atoms with Crippen LogP contribution < -0.4 is 0 Å². The van der Waals surface area contributed by atoms with Crippen LogP contribution in [-0.2, 0) is 0 Å². The van der Waals surface area contributed by atoms with Gasteiger partial charge in [0, 0.05) is 53.0 Å². The van der Waals surface area contributed by atoms with Gasteiger partial charge in [-0.2, -0.15) is 0 Å². The Kier molecular flexibility index (Phi) is 4.57. The Morgan fingerprint density at radius 1 is 0.605 bits per heavy atom. The zero-order valence-corrected chi connectivity index (χ0v) is 23.6. The zero-order valence-electron chi connectivity index (χ0n) is 22.8. The van der Waals surface area contributed by atoms with Gasteiger partial charge in [0.15, 0.2) is 0 Å². The number of thiophene rings is 1. The minimum absolute atomic E-state index is 0.558. The van der Waals surface area contributed by atoms with Gasteiger partial charge >= 0.3 is 0 Å². The second-order valence-corrected chi connectivity index (χ2v) is 12.1. The van der Waals surface area contributed by atoms with E-state index in [4.69, 9.17) is 14.4 Å². The Balaban J connectivity index is 1.13. The van der Waals surface area contributed by atoms with Crippen LogP contribution in [0, 0.1) is 0 Å².